The molecule has 0 unspecified atom stereocenters. The molecule has 0 radical (unpaired) electrons. The fraction of sp³-hybridized carbons (Fsp3) is 0.0741. The second kappa shape index (κ2) is 16.2. The lowest BCUT2D eigenvalue weighted by atomic mass is 9.86. The second-order valence-corrected chi connectivity index (χ2v) is 14.6. The van der Waals surface area contributed by atoms with E-state index in [2.05, 4.69) is 228 Å². The predicted molar refractivity (Wildman–Crippen MR) is 238 cm³/mol. The molecule has 0 bridgehead atoms. The third kappa shape index (κ3) is 7.56. The SMILES string of the molecule is c1ccc(CN(Cc2ccccc2)c2ccc(-c3c4ccccc4c(-c4ccc(N(Cc5ccccc5)Cc5ccccc5)cc4)c4ccccc34)cc2)cc1. The average Bonchev–Trinajstić information content (AvgIpc) is 3.27. The van der Waals surface area contributed by atoms with Gasteiger partial charge in [-0.25, -0.2) is 0 Å². The number of anilines is 2. The zero-order valence-electron chi connectivity index (χ0n) is 31.5. The third-order valence-electron chi connectivity index (χ3n) is 10.8. The van der Waals surface area contributed by atoms with Gasteiger partial charge in [0, 0.05) is 37.6 Å². The van der Waals surface area contributed by atoms with Crippen LogP contribution >= 0.6 is 0 Å². The molecule has 270 valence electrons. The lowest BCUT2D eigenvalue weighted by Gasteiger charge is -2.26. The molecule has 56 heavy (non-hydrogen) atoms. The Hall–Kier alpha value is -6.90. The van der Waals surface area contributed by atoms with Gasteiger partial charge in [-0.05, 0) is 90.3 Å². The van der Waals surface area contributed by atoms with E-state index in [1.807, 2.05) is 0 Å². The van der Waals surface area contributed by atoms with E-state index in [4.69, 9.17) is 0 Å². The van der Waals surface area contributed by atoms with Crippen molar-refractivity contribution in [3.05, 3.63) is 241 Å². The summed E-state index contributed by atoms with van der Waals surface area (Å²) in [4.78, 5) is 4.94. The number of hydrogen-bond donors (Lipinski definition) is 0. The van der Waals surface area contributed by atoms with Crippen LogP contribution in [0, 0.1) is 0 Å². The molecule has 0 atom stereocenters. The summed E-state index contributed by atoms with van der Waals surface area (Å²) in [6.07, 6.45) is 0. The van der Waals surface area contributed by atoms with Crippen LogP contribution in [-0.2, 0) is 26.2 Å². The highest BCUT2D eigenvalue weighted by atomic mass is 15.1. The van der Waals surface area contributed by atoms with Gasteiger partial charge in [0.05, 0.1) is 0 Å². The van der Waals surface area contributed by atoms with Gasteiger partial charge in [-0.2, -0.15) is 0 Å². The monoisotopic (exact) mass is 720 g/mol. The lowest BCUT2D eigenvalue weighted by molar-refractivity contribution is 0.800. The lowest BCUT2D eigenvalue weighted by Crippen LogP contribution is -2.22. The Balaban J connectivity index is 1.09. The number of hydrogen-bond acceptors (Lipinski definition) is 2. The van der Waals surface area contributed by atoms with Crippen LogP contribution in [0.5, 0.6) is 0 Å². The molecule has 0 spiro atoms. The van der Waals surface area contributed by atoms with Crippen molar-refractivity contribution in [2.45, 2.75) is 26.2 Å². The van der Waals surface area contributed by atoms with Gasteiger partial charge in [0.25, 0.3) is 0 Å². The summed E-state index contributed by atoms with van der Waals surface area (Å²) in [5.74, 6) is 0. The van der Waals surface area contributed by atoms with E-state index < -0.39 is 0 Å². The van der Waals surface area contributed by atoms with Gasteiger partial charge in [0.2, 0.25) is 0 Å². The maximum atomic E-state index is 2.47. The number of benzene rings is 9. The highest BCUT2D eigenvalue weighted by molar-refractivity contribution is 6.21. The topological polar surface area (TPSA) is 6.48 Å². The van der Waals surface area contributed by atoms with Gasteiger partial charge in [-0.15, -0.1) is 0 Å². The standard InChI is InChI=1S/C54H44N2/c1-5-17-41(18-6-1)37-55(38-42-19-7-2-8-20-42)47-33-29-45(30-34-47)53-49-25-13-15-27-51(49)54(52-28-16-14-26-50(52)53)46-31-35-48(36-32-46)56(39-43-21-9-3-10-22-43)40-44-23-11-4-12-24-44/h1-36H,37-40H2. The van der Waals surface area contributed by atoms with Gasteiger partial charge in [0.15, 0.2) is 0 Å². The zero-order valence-corrected chi connectivity index (χ0v) is 31.5. The van der Waals surface area contributed by atoms with Crippen molar-refractivity contribution in [1.82, 2.24) is 0 Å². The van der Waals surface area contributed by atoms with Crippen molar-refractivity contribution in [1.29, 1.82) is 0 Å². The van der Waals surface area contributed by atoms with Gasteiger partial charge < -0.3 is 9.80 Å². The van der Waals surface area contributed by atoms with E-state index in [0.717, 1.165) is 26.2 Å². The van der Waals surface area contributed by atoms with Gasteiger partial charge in [-0.1, -0.05) is 194 Å². The van der Waals surface area contributed by atoms with Crippen molar-refractivity contribution in [2.24, 2.45) is 0 Å². The Labute approximate surface area is 330 Å². The molecule has 0 fully saturated rings. The minimum absolute atomic E-state index is 0.838. The highest BCUT2D eigenvalue weighted by Crippen LogP contribution is 2.44. The minimum atomic E-state index is 0.838. The molecule has 2 heteroatoms. The predicted octanol–water partition coefficient (Wildman–Crippen LogP) is 13.7. The van der Waals surface area contributed by atoms with Crippen LogP contribution in [0.25, 0.3) is 43.8 Å². The Morgan fingerprint density at radius 3 is 0.714 bits per heavy atom. The van der Waals surface area contributed by atoms with Crippen molar-refractivity contribution in [3.8, 4) is 22.3 Å². The first-order valence-corrected chi connectivity index (χ1v) is 19.6. The molecule has 2 nitrogen and oxygen atoms in total. The van der Waals surface area contributed by atoms with E-state index in [-0.39, 0.29) is 0 Å². The van der Waals surface area contributed by atoms with Gasteiger partial charge in [0.1, 0.15) is 0 Å². The fourth-order valence-electron chi connectivity index (χ4n) is 8.12. The first-order chi connectivity index (χ1) is 27.8. The first kappa shape index (κ1) is 34.8. The molecule has 0 saturated heterocycles. The summed E-state index contributed by atoms with van der Waals surface area (Å²) in [6.45, 7) is 3.35. The van der Waals surface area contributed by atoms with Crippen LogP contribution in [0.4, 0.5) is 11.4 Å². The molecule has 0 aliphatic heterocycles. The van der Waals surface area contributed by atoms with Gasteiger partial charge >= 0.3 is 0 Å². The van der Waals surface area contributed by atoms with Crippen molar-refractivity contribution in [2.75, 3.05) is 9.80 Å². The minimum Gasteiger partial charge on any atom is -0.363 e. The van der Waals surface area contributed by atoms with Crippen LogP contribution < -0.4 is 9.80 Å². The van der Waals surface area contributed by atoms with E-state index in [1.54, 1.807) is 0 Å². The average molecular weight is 721 g/mol. The molecule has 0 aliphatic rings. The third-order valence-corrected chi connectivity index (χ3v) is 10.8. The Bertz CT molecular complexity index is 2330. The van der Waals surface area contributed by atoms with Gasteiger partial charge in [-0.3, -0.25) is 0 Å². The van der Waals surface area contributed by atoms with E-state index in [9.17, 15) is 0 Å². The summed E-state index contributed by atoms with van der Waals surface area (Å²) in [5.41, 5.74) is 12.6. The van der Waals surface area contributed by atoms with Crippen molar-refractivity contribution in [3.63, 3.8) is 0 Å². The van der Waals surface area contributed by atoms with Crippen molar-refractivity contribution >= 4 is 32.9 Å². The summed E-state index contributed by atoms with van der Waals surface area (Å²) in [6, 6.07) is 79.4. The zero-order chi connectivity index (χ0) is 37.5. The van der Waals surface area contributed by atoms with Crippen molar-refractivity contribution < 1.29 is 0 Å². The van der Waals surface area contributed by atoms with Crippen LogP contribution in [0.15, 0.2) is 218 Å². The first-order valence-electron chi connectivity index (χ1n) is 19.6. The molecule has 0 N–H and O–H groups in total. The molecule has 0 aliphatic carbocycles. The molecule has 0 heterocycles. The normalized spacial score (nSPS) is 11.1. The fourth-order valence-corrected chi connectivity index (χ4v) is 8.12. The van der Waals surface area contributed by atoms with Crippen LogP contribution in [0.1, 0.15) is 22.3 Å². The number of rotatable bonds is 12. The maximum absolute atomic E-state index is 2.47. The summed E-state index contributed by atoms with van der Waals surface area (Å²) in [5, 5.41) is 5.05. The second-order valence-electron chi connectivity index (χ2n) is 14.6. The molecular formula is C54H44N2. The molecule has 0 saturated carbocycles. The molecule has 0 aromatic heterocycles. The van der Waals surface area contributed by atoms with E-state index in [0.29, 0.717) is 0 Å². The van der Waals surface area contributed by atoms with E-state index >= 15 is 0 Å². The smallest absolute Gasteiger partial charge is 0.0433 e. The molecular weight excluding hydrogens is 677 g/mol. The Morgan fingerprint density at radius 1 is 0.232 bits per heavy atom. The van der Waals surface area contributed by atoms with E-state index in [1.165, 1.54) is 77.4 Å². The number of nitrogens with zero attached hydrogens (tertiary/aromatic N) is 2. The summed E-state index contributed by atoms with van der Waals surface area (Å²) in [7, 11) is 0. The Morgan fingerprint density at radius 2 is 0.464 bits per heavy atom. The summed E-state index contributed by atoms with van der Waals surface area (Å²) < 4.78 is 0. The quantitative estimate of drug-likeness (QED) is 0.116. The van der Waals surface area contributed by atoms with Crippen LogP contribution in [0.2, 0.25) is 0 Å². The largest absolute Gasteiger partial charge is 0.363 e. The van der Waals surface area contributed by atoms with Crippen LogP contribution in [0.3, 0.4) is 0 Å². The Kier molecular flexibility index (Phi) is 10.1. The molecule has 0 amide bonds. The van der Waals surface area contributed by atoms with Crippen LogP contribution in [-0.4, -0.2) is 0 Å². The highest BCUT2D eigenvalue weighted by Gasteiger charge is 2.18. The molecule has 9 rings (SSSR count). The maximum Gasteiger partial charge on any atom is 0.0433 e. The molecule has 9 aromatic rings. The number of fused-ring (bicyclic) bond motifs is 2. The molecule has 9 aromatic carbocycles. The summed E-state index contributed by atoms with van der Waals surface area (Å²) >= 11 is 0.